The molecule has 2 heterocycles. The lowest BCUT2D eigenvalue weighted by atomic mass is 9.98. The molecule has 5 rings (SSSR count). The van der Waals surface area contributed by atoms with E-state index < -0.39 is 17.7 Å². The maximum atomic E-state index is 15.5. The number of carbonyl (C=O) groups excluding carboxylic acids is 1. The molecule has 5 aromatic rings. The van der Waals surface area contributed by atoms with Gasteiger partial charge < -0.3 is 14.5 Å². The second-order valence-electron chi connectivity index (χ2n) is 8.20. The lowest BCUT2D eigenvalue weighted by Crippen LogP contribution is -2.17. The van der Waals surface area contributed by atoms with Gasteiger partial charge in [-0.05, 0) is 35.9 Å². The molecule has 3 aromatic carbocycles. The van der Waals surface area contributed by atoms with Crippen molar-refractivity contribution in [2.24, 2.45) is 0 Å². The molecule has 0 aliphatic heterocycles. The molecule has 0 radical (unpaired) electrons. The Morgan fingerprint density at radius 3 is 2.65 bits per heavy atom. The molecular formula is C26H21F2N5O4. The summed E-state index contributed by atoms with van der Waals surface area (Å²) in [6.45, 7) is 0.270. The number of ether oxygens (including phenoxy) is 2. The predicted molar refractivity (Wildman–Crippen MR) is 133 cm³/mol. The van der Waals surface area contributed by atoms with Crippen molar-refractivity contribution in [2.75, 3.05) is 25.6 Å². The number of H-pyrrole nitrogens is 2. The van der Waals surface area contributed by atoms with Gasteiger partial charge >= 0.3 is 6.09 Å². The van der Waals surface area contributed by atoms with Crippen molar-refractivity contribution in [3.05, 3.63) is 87.8 Å². The third kappa shape index (κ3) is 4.89. The Morgan fingerprint density at radius 1 is 1.03 bits per heavy atom. The molecule has 0 bridgehead atoms. The highest BCUT2D eigenvalue weighted by molar-refractivity contribution is 5.89. The summed E-state index contributed by atoms with van der Waals surface area (Å²) in [5, 5.41) is 10.2. The van der Waals surface area contributed by atoms with Crippen LogP contribution in [0.5, 0.6) is 0 Å². The molecule has 37 heavy (non-hydrogen) atoms. The molecule has 188 valence electrons. The summed E-state index contributed by atoms with van der Waals surface area (Å²) in [5.41, 5.74) is 1.27. The van der Waals surface area contributed by atoms with E-state index in [0.29, 0.717) is 27.5 Å². The summed E-state index contributed by atoms with van der Waals surface area (Å²) in [5.74, 6) is -1.38. The van der Waals surface area contributed by atoms with Crippen molar-refractivity contribution in [1.82, 2.24) is 20.2 Å². The van der Waals surface area contributed by atoms with Crippen LogP contribution in [0.4, 0.5) is 19.5 Å². The number of amides is 1. The van der Waals surface area contributed by atoms with Crippen LogP contribution < -0.4 is 10.9 Å². The molecule has 11 heteroatoms. The third-order valence-corrected chi connectivity index (χ3v) is 5.80. The van der Waals surface area contributed by atoms with E-state index >= 15 is 4.39 Å². The van der Waals surface area contributed by atoms with Crippen LogP contribution in [0.2, 0.25) is 0 Å². The Morgan fingerprint density at radius 2 is 1.84 bits per heavy atom. The minimum Gasteiger partial charge on any atom is -0.447 e. The van der Waals surface area contributed by atoms with Crippen LogP contribution in [0.25, 0.3) is 32.9 Å². The lowest BCUT2D eigenvalue weighted by molar-refractivity contribution is 0.107. The molecular weight excluding hydrogens is 484 g/mol. The number of fused-ring (bicyclic) bond motifs is 2. The SMILES string of the molecule is COCCOC(=O)Nc1nc2c(F)c(-c3cc(Cc4n[nH]c(=O)c5ccccc45)ccc3F)ccc2[nH]1. The van der Waals surface area contributed by atoms with Crippen molar-refractivity contribution >= 4 is 33.8 Å². The smallest absolute Gasteiger partial charge is 0.414 e. The highest BCUT2D eigenvalue weighted by Gasteiger charge is 2.18. The predicted octanol–water partition coefficient (Wildman–Crippen LogP) is 4.53. The number of hydrogen-bond donors (Lipinski definition) is 3. The van der Waals surface area contributed by atoms with Crippen molar-refractivity contribution in [1.29, 1.82) is 0 Å². The molecule has 2 aromatic heterocycles. The van der Waals surface area contributed by atoms with E-state index in [2.05, 4.69) is 25.5 Å². The molecule has 9 nitrogen and oxygen atoms in total. The van der Waals surface area contributed by atoms with E-state index in [0.717, 1.165) is 0 Å². The minimum atomic E-state index is -0.779. The van der Waals surface area contributed by atoms with Crippen molar-refractivity contribution in [3.63, 3.8) is 0 Å². The molecule has 0 fully saturated rings. The van der Waals surface area contributed by atoms with Crippen molar-refractivity contribution < 1.29 is 23.0 Å². The van der Waals surface area contributed by atoms with Gasteiger partial charge in [0.2, 0.25) is 5.95 Å². The van der Waals surface area contributed by atoms with Crippen LogP contribution in [0.3, 0.4) is 0 Å². The zero-order chi connectivity index (χ0) is 25.9. The van der Waals surface area contributed by atoms with Gasteiger partial charge in [0, 0.05) is 30.0 Å². The number of nitrogens with zero attached hydrogens (tertiary/aromatic N) is 2. The fourth-order valence-corrected chi connectivity index (χ4v) is 4.05. The van der Waals surface area contributed by atoms with E-state index in [1.54, 1.807) is 42.5 Å². The molecule has 0 atom stereocenters. The molecule has 0 spiro atoms. The second-order valence-corrected chi connectivity index (χ2v) is 8.20. The Balaban J connectivity index is 1.46. The quantitative estimate of drug-likeness (QED) is 0.280. The van der Waals surface area contributed by atoms with Gasteiger partial charge in [-0.1, -0.05) is 24.3 Å². The molecule has 1 amide bonds. The van der Waals surface area contributed by atoms with Crippen LogP contribution in [0.1, 0.15) is 11.3 Å². The van der Waals surface area contributed by atoms with Gasteiger partial charge in [0.15, 0.2) is 5.82 Å². The van der Waals surface area contributed by atoms with Crippen LogP contribution >= 0.6 is 0 Å². The number of carbonyl (C=O) groups is 1. The zero-order valence-electron chi connectivity index (χ0n) is 19.6. The summed E-state index contributed by atoms with van der Waals surface area (Å²) in [6.07, 6.45) is -0.491. The van der Waals surface area contributed by atoms with Crippen LogP contribution in [0, 0.1) is 11.6 Å². The molecule has 0 aliphatic rings. The number of aromatic nitrogens is 4. The Bertz CT molecular complexity index is 1680. The Labute approximate surface area is 208 Å². The van der Waals surface area contributed by atoms with E-state index in [1.807, 2.05) is 0 Å². The zero-order valence-corrected chi connectivity index (χ0v) is 19.6. The van der Waals surface area contributed by atoms with Crippen LogP contribution in [-0.4, -0.2) is 46.6 Å². The summed E-state index contributed by atoms with van der Waals surface area (Å²) >= 11 is 0. The standard InChI is InChI=1S/C26H21F2N5O4/c1-36-10-11-37-26(35)31-25-29-20-9-7-16(22(28)23(20)30-25)18-12-14(6-8-19(18)27)13-21-15-4-2-3-5-17(15)24(34)33-32-21/h2-9,12H,10-11,13H2,1H3,(H,33,34)(H2,29,30,31,35). The first-order valence-corrected chi connectivity index (χ1v) is 11.3. The Hall–Kier alpha value is -4.64. The molecule has 0 saturated heterocycles. The first-order chi connectivity index (χ1) is 17.9. The van der Waals surface area contributed by atoms with E-state index in [9.17, 15) is 14.0 Å². The second kappa shape index (κ2) is 10.2. The van der Waals surface area contributed by atoms with Crippen LogP contribution in [-0.2, 0) is 15.9 Å². The maximum absolute atomic E-state index is 15.5. The summed E-state index contributed by atoms with van der Waals surface area (Å²) in [6, 6.07) is 14.4. The van der Waals surface area contributed by atoms with Gasteiger partial charge in [0.05, 0.1) is 23.2 Å². The van der Waals surface area contributed by atoms with Crippen molar-refractivity contribution in [3.8, 4) is 11.1 Å². The molecule has 0 unspecified atom stereocenters. The van der Waals surface area contributed by atoms with Crippen LogP contribution in [0.15, 0.2) is 59.4 Å². The summed E-state index contributed by atoms with van der Waals surface area (Å²) < 4.78 is 40.1. The maximum Gasteiger partial charge on any atom is 0.414 e. The van der Waals surface area contributed by atoms with Gasteiger partial charge in [-0.2, -0.15) is 5.10 Å². The molecule has 3 N–H and O–H groups in total. The van der Waals surface area contributed by atoms with Gasteiger partial charge in [-0.15, -0.1) is 0 Å². The average Bonchev–Trinajstić information content (AvgIpc) is 3.31. The van der Waals surface area contributed by atoms with E-state index in [1.165, 1.54) is 19.2 Å². The largest absolute Gasteiger partial charge is 0.447 e. The highest BCUT2D eigenvalue weighted by Crippen LogP contribution is 2.32. The summed E-state index contributed by atoms with van der Waals surface area (Å²) in [4.78, 5) is 30.8. The van der Waals surface area contributed by atoms with Gasteiger partial charge in [0.25, 0.3) is 5.56 Å². The number of anilines is 1. The van der Waals surface area contributed by atoms with Gasteiger partial charge in [-0.25, -0.2) is 23.7 Å². The number of halogens is 2. The number of hydrogen-bond acceptors (Lipinski definition) is 6. The number of aromatic amines is 2. The van der Waals surface area contributed by atoms with E-state index in [-0.39, 0.29) is 47.8 Å². The average molecular weight is 505 g/mol. The number of imidazole rings is 1. The van der Waals surface area contributed by atoms with E-state index in [4.69, 9.17) is 9.47 Å². The molecule has 0 aliphatic carbocycles. The first-order valence-electron chi connectivity index (χ1n) is 11.3. The number of nitrogens with one attached hydrogen (secondary N) is 3. The lowest BCUT2D eigenvalue weighted by Gasteiger charge is -2.10. The monoisotopic (exact) mass is 505 g/mol. The minimum absolute atomic E-state index is 0.00635. The summed E-state index contributed by atoms with van der Waals surface area (Å²) in [7, 11) is 1.47. The molecule has 0 saturated carbocycles. The topological polar surface area (TPSA) is 122 Å². The normalized spacial score (nSPS) is 11.2. The van der Waals surface area contributed by atoms with Gasteiger partial charge in [0.1, 0.15) is 17.9 Å². The fraction of sp³-hybridized carbons (Fsp3) is 0.154. The fourth-order valence-electron chi connectivity index (χ4n) is 4.05. The number of rotatable bonds is 7. The number of benzene rings is 3. The Kier molecular flexibility index (Phi) is 6.60. The highest BCUT2D eigenvalue weighted by atomic mass is 19.1. The van der Waals surface area contributed by atoms with Gasteiger partial charge in [-0.3, -0.25) is 10.1 Å². The number of methoxy groups -OCH3 is 1. The van der Waals surface area contributed by atoms with Crippen molar-refractivity contribution in [2.45, 2.75) is 6.42 Å². The third-order valence-electron chi connectivity index (χ3n) is 5.80. The first kappa shape index (κ1) is 24.1.